The lowest BCUT2D eigenvalue weighted by molar-refractivity contribution is -0.120. The molecule has 0 aliphatic carbocycles. The van der Waals surface area contributed by atoms with Crippen LogP contribution in [0.15, 0.2) is 24.3 Å². The summed E-state index contributed by atoms with van der Waals surface area (Å²) in [4.78, 5) is 11.1. The molecule has 16 heavy (non-hydrogen) atoms. The fraction of sp³-hybridized carbons (Fsp3) is 0.417. The lowest BCUT2D eigenvalue weighted by atomic mass is 10.1. The van der Waals surface area contributed by atoms with Gasteiger partial charge in [-0.2, -0.15) is 0 Å². The molecule has 1 aromatic carbocycles. The van der Waals surface area contributed by atoms with E-state index in [1.165, 1.54) is 0 Å². The largest absolute Gasteiger partial charge is 0.368 e. The Morgan fingerprint density at radius 2 is 2.12 bits per heavy atom. The van der Waals surface area contributed by atoms with Crippen LogP contribution in [0.5, 0.6) is 0 Å². The Morgan fingerprint density at radius 3 is 2.62 bits per heavy atom. The van der Waals surface area contributed by atoms with E-state index in [1.807, 2.05) is 38.1 Å². The van der Waals surface area contributed by atoms with E-state index in [4.69, 9.17) is 17.3 Å². The maximum Gasteiger partial charge on any atom is 0.234 e. The number of hydrogen-bond acceptors (Lipinski definition) is 2. The van der Waals surface area contributed by atoms with E-state index in [1.54, 1.807) is 0 Å². The second-order valence-electron chi connectivity index (χ2n) is 3.77. The summed E-state index contributed by atoms with van der Waals surface area (Å²) in [5.74, 6) is -0.332. The molecule has 0 saturated carbocycles. The van der Waals surface area contributed by atoms with Gasteiger partial charge in [0.05, 0.1) is 6.04 Å². The molecule has 0 aliphatic heterocycles. The zero-order valence-electron chi connectivity index (χ0n) is 9.53. The number of benzene rings is 1. The number of halogens is 1. The van der Waals surface area contributed by atoms with Crippen LogP contribution < -0.4 is 11.1 Å². The zero-order valence-corrected chi connectivity index (χ0v) is 10.3. The van der Waals surface area contributed by atoms with Gasteiger partial charge in [0.2, 0.25) is 5.91 Å². The van der Waals surface area contributed by atoms with Crippen molar-refractivity contribution in [3.63, 3.8) is 0 Å². The normalized spacial score (nSPS) is 14.4. The summed E-state index contributed by atoms with van der Waals surface area (Å²) in [6.07, 6.45) is 0.671. The number of nitrogens with two attached hydrogens (primary N) is 1. The van der Waals surface area contributed by atoms with E-state index in [9.17, 15) is 4.79 Å². The van der Waals surface area contributed by atoms with Gasteiger partial charge in [-0.1, -0.05) is 36.7 Å². The monoisotopic (exact) mass is 240 g/mol. The van der Waals surface area contributed by atoms with Gasteiger partial charge < -0.3 is 5.73 Å². The van der Waals surface area contributed by atoms with Crippen LogP contribution in [0.3, 0.4) is 0 Å². The Bertz CT molecular complexity index is 368. The number of carbonyl (C=O) groups is 1. The van der Waals surface area contributed by atoms with E-state index >= 15 is 0 Å². The molecule has 0 aliphatic rings. The summed E-state index contributed by atoms with van der Waals surface area (Å²) >= 11 is 6.07. The smallest absolute Gasteiger partial charge is 0.234 e. The molecule has 0 bridgehead atoms. The van der Waals surface area contributed by atoms with E-state index in [0.717, 1.165) is 5.56 Å². The Balaban J connectivity index is 2.75. The summed E-state index contributed by atoms with van der Waals surface area (Å²) < 4.78 is 0. The molecule has 0 fully saturated rings. The first-order valence-electron chi connectivity index (χ1n) is 5.36. The Hall–Kier alpha value is -1.06. The Morgan fingerprint density at radius 1 is 1.50 bits per heavy atom. The number of amides is 1. The first-order chi connectivity index (χ1) is 7.56. The Labute approximate surface area is 101 Å². The average Bonchev–Trinajstić information content (AvgIpc) is 2.25. The van der Waals surface area contributed by atoms with Crippen molar-refractivity contribution in [2.45, 2.75) is 32.4 Å². The van der Waals surface area contributed by atoms with E-state index < -0.39 is 0 Å². The average molecular weight is 241 g/mol. The lowest BCUT2D eigenvalue weighted by Crippen LogP contribution is -2.41. The quantitative estimate of drug-likeness (QED) is 0.830. The van der Waals surface area contributed by atoms with Crippen LogP contribution in [0.2, 0.25) is 5.02 Å². The van der Waals surface area contributed by atoms with Crippen molar-refractivity contribution < 1.29 is 4.79 Å². The molecule has 0 radical (unpaired) electrons. The van der Waals surface area contributed by atoms with Crippen LogP contribution in [0, 0.1) is 0 Å². The Kier molecular flexibility index (Phi) is 4.77. The number of primary amides is 1. The molecule has 0 aromatic heterocycles. The highest BCUT2D eigenvalue weighted by Crippen LogP contribution is 2.22. The molecular formula is C12H17ClN2O. The van der Waals surface area contributed by atoms with E-state index in [-0.39, 0.29) is 18.0 Å². The van der Waals surface area contributed by atoms with Crippen molar-refractivity contribution in [3.8, 4) is 0 Å². The molecule has 0 heterocycles. The second kappa shape index (κ2) is 5.87. The van der Waals surface area contributed by atoms with E-state index in [2.05, 4.69) is 5.32 Å². The van der Waals surface area contributed by atoms with Gasteiger partial charge in [-0.15, -0.1) is 0 Å². The highest BCUT2D eigenvalue weighted by atomic mass is 35.5. The molecule has 0 spiro atoms. The van der Waals surface area contributed by atoms with Gasteiger partial charge in [0, 0.05) is 11.1 Å². The van der Waals surface area contributed by atoms with Crippen LogP contribution in [0.4, 0.5) is 0 Å². The predicted molar refractivity (Wildman–Crippen MR) is 66.3 cm³/mol. The highest BCUT2D eigenvalue weighted by Gasteiger charge is 2.17. The molecule has 1 aromatic rings. The summed E-state index contributed by atoms with van der Waals surface area (Å²) in [7, 11) is 0. The predicted octanol–water partition coefficient (Wildman–Crippen LogP) is 2.25. The topological polar surface area (TPSA) is 55.1 Å². The van der Waals surface area contributed by atoms with Crippen molar-refractivity contribution in [1.82, 2.24) is 5.32 Å². The van der Waals surface area contributed by atoms with Crippen molar-refractivity contribution in [2.24, 2.45) is 5.73 Å². The minimum Gasteiger partial charge on any atom is -0.368 e. The first kappa shape index (κ1) is 13.0. The summed E-state index contributed by atoms with van der Waals surface area (Å²) in [6.45, 7) is 3.88. The molecule has 1 unspecified atom stereocenters. The number of rotatable bonds is 5. The van der Waals surface area contributed by atoms with Crippen LogP contribution in [-0.4, -0.2) is 11.9 Å². The molecule has 3 N–H and O–H groups in total. The summed E-state index contributed by atoms with van der Waals surface area (Å²) in [5, 5.41) is 3.86. The minimum absolute atomic E-state index is 0.00569. The molecule has 1 amide bonds. The number of carbonyl (C=O) groups excluding carboxylic acids is 1. The van der Waals surface area contributed by atoms with Gasteiger partial charge in [0.25, 0.3) is 0 Å². The van der Waals surface area contributed by atoms with Crippen molar-refractivity contribution in [2.75, 3.05) is 0 Å². The lowest BCUT2D eigenvalue weighted by Gasteiger charge is -2.20. The van der Waals surface area contributed by atoms with Gasteiger partial charge in [0.15, 0.2) is 0 Å². The van der Waals surface area contributed by atoms with Crippen LogP contribution in [0.25, 0.3) is 0 Å². The second-order valence-corrected chi connectivity index (χ2v) is 4.18. The van der Waals surface area contributed by atoms with Gasteiger partial charge >= 0.3 is 0 Å². The van der Waals surface area contributed by atoms with Gasteiger partial charge in [-0.3, -0.25) is 10.1 Å². The van der Waals surface area contributed by atoms with Gasteiger partial charge in [0.1, 0.15) is 0 Å². The zero-order chi connectivity index (χ0) is 12.1. The van der Waals surface area contributed by atoms with Gasteiger partial charge in [-0.05, 0) is 25.0 Å². The fourth-order valence-electron chi connectivity index (χ4n) is 1.62. The minimum atomic E-state index is -0.332. The third kappa shape index (κ3) is 3.22. The molecule has 1 rings (SSSR count). The number of nitrogens with one attached hydrogen (secondary N) is 1. The van der Waals surface area contributed by atoms with E-state index in [0.29, 0.717) is 11.4 Å². The molecule has 0 saturated heterocycles. The first-order valence-corrected chi connectivity index (χ1v) is 5.73. The van der Waals surface area contributed by atoms with Crippen LogP contribution in [0.1, 0.15) is 31.9 Å². The summed E-state index contributed by atoms with van der Waals surface area (Å²) in [5.41, 5.74) is 6.25. The van der Waals surface area contributed by atoms with Crippen molar-refractivity contribution in [1.29, 1.82) is 0 Å². The highest BCUT2D eigenvalue weighted by molar-refractivity contribution is 6.31. The third-order valence-corrected chi connectivity index (χ3v) is 2.92. The van der Waals surface area contributed by atoms with Gasteiger partial charge in [-0.25, -0.2) is 0 Å². The molecule has 2 atom stereocenters. The standard InChI is InChI=1S/C12H17ClN2O/c1-3-11(12(14)16)15-8(2)9-6-4-5-7-10(9)13/h4-8,11,15H,3H2,1-2H3,(H2,14,16)/t8-,11?/m1/s1. The molecular weight excluding hydrogens is 224 g/mol. The van der Waals surface area contributed by atoms with Crippen molar-refractivity contribution >= 4 is 17.5 Å². The summed E-state index contributed by atoms with van der Waals surface area (Å²) in [6, 6.07) is 7.26. The molecule has 88 valence electrons. The molecule has 3 nitrogen and oxygen atoms in total. The van der Waals surface area contributed by atoms with Crippen LogP contribution in [-0.2, 0) is 4.79 Å². The fourth-order valence-corrected chi connectivity index (χ4v) is 1.92. The van der Waals surface area contributed by atoms with Crippen LogP contribution >= 0.6 is 11.6 Å². The maximum absolute atomic E-state index is 11.1. The number of hydrogen-bond donors (Lipinski definition) is 2. The SMILES string of the molecule is CCC(N[C@H](C)c1ccccc1Cl)C(N)=O. The maximum atomic E-state index is 11.1. The van der Waals surface area contributed by atoms with Crippen molar-refractivity contribution in [3.05, 3.63) is 34.9 Å². The molecule has 4 heteroatoms. The third-order valence-electron chi connectivity index (χ3n) is 2.57.